The van der Waals surface area contributed by atoms with Crippen LogP contribution in [0.15, 0.2) is 0 Å². The van der Waals surface area contributed by atoms with Crippen molar-refractivity contribution in [3.8, 4) is 0 Å². The van der Waals surface area contributed by atoms with Crippen LogP contribution >= 0.6 is 0 Å². The molecular formula is C18H42N4OSi2. The summed E-state index contributed by atoms with van der Waals surface area (Å²) in [5.74, 6) is 0. The molecule has 0 amide bonds. The van der Waals surface area contributed by atoms with E-state index < -0.39 is 16.6 Å². The highest BCUT2D eigenvalue weighted by Gasteiger charge is 2.32. The van der Waals surface area contributed by atoms with Gasteiger partial charge < -0.3 is 24.5 Å². The first-order chi connectivity index (χ1) is 11.9. The third-order valence-corrected chi connectivity index (χ3v) is 13.0. The second-order valence-electron chi connectivity index (χ2n) is 9.01. The first kappa shape index (κ1) is 21.5. The molecule has 0 unspecified atom stereocenters. The van der Waals surface area contributed by atoms with Crippen LogP contribution in [0, 0.1) is 0 Å². The summed E-state index contributed by atoms with van der Waals surface area (Å²) in [5, 5.41) is 6.87. The summed E-state index contributed by atoms with van der Waals surface area (Å²) in [7, 11) is -3.03. The fraction of sp³-hybridized carbons (Fsp3) is 1.00. The molecule has 2 fully saturated rings. The second-order valence-corrected chi connectivity index (χ2v) is 17.9. The maximum atomic E-state index is 6.82. The normalized spacial score (nSPS) is 21.6. The molecule has 2 heterocycles. The maximum Gasteiger partial charge on any atom is 0.173 e. The Labute approximate surface area is 158 Å². The fourth-order valence-corrected chi connectivity index (χ4v) is 13.0. The molecule has 2 rings (SSSR count). The molecule has 2 aliphatic heterocycles. The predicted octanol–water partition coefficient (Wildman–Crippen LogP) is 2.00. The molecule has 0 atom stereocenters. The Morgan fingerprint density at radius 3 is 1.40 bits per heavy atom. The van der Waals surface area contributed by atoms with E-state index in [0.717, 1.165) is 26.2 Å². The lowest BCUT2D eigenvalue weighted by Crippen LogP contribution is -2.47. The summed E-state index contributed by atoms with van der Waals surface area (Å²) < 4.78 is 6.82. The summed E-state index contributed by atoms with van der Waals surface area (Å²) in [6.07, 6.45) is 2.62. The van der Waals surface area contributed by atoms with E-state index in [1.54, 1.807) is 0 Å². The van der Waals surface area contributed by atoms with Crippen molar-refractivity contribution in [3.63, 3.8) is 0 Å². The largest absolute Gasteiger partial charge is 0.455 e. The Morgan fingerprint density at radius 2 is 1.04 bits per heavy atom. The van der Waals surface area contributed by atoms with Crippen LogP contribution < -0.4 is 10.6 Å². The highest BCUT2D eigenvalue weighted by Crippen LogP contribution is 2.24. The number of nitrogens with zero attached hydrogens (tertiary/aromatic N) is 2. The standard InChI is InChI=1S/C18H42N4OSi2/c1-24(2,17-5-11-21-13-7-19-8-14-21)23-25(3,4)18-6-12-22-15-9-20-10-16-22/h19-20H,5-18H2,1-4H3. The van der Waals surface area contributed by atoms with Crippen LogP contribution in [0.4, 0.5) is 0 Å². The van der Waals surface area contributed by atoms with Crippen molar-refractivity contribution in [1.29, 1.82) is 0 Å². The van der Waals surface area contributed by atoms with Crippen LogP contribution in [0.1, 0.15) is 12.8 Å². The highest BCUT2D eigenvalue weighted by molar-refractivity contribution is 6.84. The molecule has 2 N–H and O–H groups in total. The summed E-state index contributed by atoms with van der Waals surface area (Å²) in [6, 6.07) is 2.62. The van der Waals surface area contributed by atoms with Crippen LogP contribution in [0.25, 0.3) is 0 Å². The van der Waals surface area contributed by atoms with Gasteiger partial charge in [0, 0.05) is 52.4 Å². The van der Waals surface area contributed by atoms with Gasteiger partial charge >= 0.3 is 0 Å². The van der Waals surface area contributed by atoms with Crippen molar-refractivity contribution in [2.75, 3.05) is 65.4 Å². The van der Waals surface area contributed by atoms with E-state index in [4.69, 9.17) is 4.12 Å². The fourth-order valence-electron chi connectivity index (χ4n) is 4.18. The van der Waals surface area contributed by atoms with Crippen molar-refractivity contribution >= 4 is 16.6 Å². The third-order valence-electron chi connectivity index (χ3n) is 5.48. The van der Waals surface area contributed by atoms with Gasteiger partial charge in [0.15, 0.2) is 16.6 Å². The lowest BCUT2D eigenvalue weighted by atomic mass is 10.3. The number of hydrogen-bond acceptors (Lipinski definition) is 5. The monoisotopic (exact) mass is 386 g/mol. The van der Waals surface area contributed by atoms with E-state index in [1.807, 2.05) is 0 Å². The molecule has 25 heavy (non-hydrogen) atoms. The van der Waals surface area contributed by atoms with Gasteiger partial charge in [0.25, 0.3) is 0 Å². The average molecular weight is 387 g/mol. The smallest absolute Gasteiger partial charge is 0.173 e. The Balaban J connectivity index is 1.62. The molecule has 148 valence electrons. The molecule has 2 aliphatic rings. The number of nitrogens with one attached hydrogen (secondary N) is 2. The minimum atomic E-state index is -1.52. The van der Waals surface area contributed by atoms with Gasteiger partial charge in [0.2, 0.25) is 0 Å². The van der Waals surface area contributed by atoms with Crippen LogP contribution in [0.3, 0.4) is 0 Å². The summed E-state index contributed by atoms with van der Waals surface area (Å²) in [5.41, 5.74) is 0. The van der Waals surface area contributed by atoms with Gasteiger partial charge in [0.05, 0.1) is 0 Å². The van der Waals surface area contributed by atoms with Gasteiger partial charge in [-0.25, -0.2) is 0 Å². The molecule has 0 radical (unpaired) electrons. The van der Waals surface area contributed by atoms with Crippen molar-refractivity contribution in [3.05, 3.63) is 0 Å². The topological polar surface area (TPSA) is 39.8 Å². The van der Waals surface area contributed by atoms with E-state index >= 15 is 0 Å². The SMILES string of the molecule is C[Si](C)(CCCN1CCNCC1)O[Si](C)(C)CCCN1CCNCC1. The maximum absolute atomic E-state index is 6.82. The molecule has 5 nitrogen and oxygen atoms in total. The van der Waals surface area contributed by atoms with Crippen LogP contribution in [-0.4, -0.2) is 91.9 Å². The first-order valence-electron chi connectivity index (χ1n) is 10.4. The zero-order valence-corrected chi connectivity index (χ0v) is 19.2. The molecule has 0 aromatic carbocycles. The molecule has 2 saturated heterocycles. The van der Waals surface area contributed by atoms with Gasteiger partial charge in [-0.2, -0.15) is 0 Å². The zero-order chi connectivity index (χ0) is 18.2. The van der Waals surface area contributed by atoms with Crippen LogP contribution in [0.5, 0.6) is 0 Å². The predicted molar refractivity (Wildman–Crippen MR) is 114 cm³/mol. The molecule has 0 aromatic heterocycles. The van der Waals surface area contributed by atoms with E-state index in [0.29, 0.717) is 0 Å². The van der Waals surface area contributed by atoms with Crippen molar-refractivity contribution in [2.24, 2.45) is 0 Å². The Kier molecular flexibility index (Phi) is 9.08. The summed E-state index contributed by atoms with van der Waals surface area (Å²) in [6.45, 7) is 21.8. The van der Waals surface area contributed by atoms with Crippen molar-refractivity contribution < 1.29 is 4.12 Å². The van der Waals surface area contributed by atoms with Gasteiger partial charge in [-0.05, 0) is 64.2 Å². The lowest BCUT2D eigenvalue weighted by Gasteiger charge is -2.35. The zero-order valence-electron chi connectivity index (χ0n) is 17.2. The summed E-state index contributed by atoms with van der Waals surface area (Å²) >= 11 is 0. The van der Waals surface area contributed by atoms with Gasteiger partial charge in [-0.15, -0.1) is 0 Å². The molecule has 0 saturated carbocycles. The number of rotatable bonds is 10. The van der Waals surface area contributed by atoms with Crippen molar-refractivity contribution in [1.82, 2.24) is 20.4 Å². The van der Waals surface area contributed by atoms with E-state index in [-0.39, 0.29) is 0 Å². The van der Waals surface area contributed by atoms with Gasteiger partial charge in [-0.1, -0.05) is 0 Å². The Bertz CT molecular complexity index is 336. The molecule has 0 aliphatic carbocycles. The minimum absolute atomic E-state index is 1.16. The molecule has 7 heteroatoms. The molecule has 0 bridgehead atoms. The quantitative estimate of drug-likeness (QED) is 0.562. The highest BCUT2D eigenvalue weighted by atomic mass is 28.4. The lowest BCUT2D eigenvalue weighted by molar-refractivity contribution is 0.240. The van der Waals surface area contributed by atoms with E-state index in [1.165, 1.54) is 64.2 Å². The molecular weight excluding hydrogens is 344 g/mol. The van der Waals surface area contributed by atoms with E-state index in [2.05, 4.69) is 46.6 Å². The Morgan fingerprint density at radius 1 is 0.680 bits per heavy atom. The van der Waals surface area contributed by atoms with Gasteiger partial charge in [0.1, 0.15) is 0 Å². The molecule has 0 aromatic rings. The summed E-state index contributed by atoms with van der Waals surface area (Å²) in [4.78, 5) is 5.22. The van der Waals surface area contributed by atoms with Crippen molar-refractivity contribution in [2.45, 2.75) is 51.1 Å². The average Bonchev–Trinajstić information content (AvgIpc) is 2.55. The molecule has 0 spiro atoms. The van der Waals surface area contributed by atoms with E-state index in [9.17, 15) is 0 Å². The Hall–Kier alpha value is 0.234. The minimum Gasteiger partial charge on any atom is -0.455 e. The van der Waals surface area contributed by atoms with Crippen LogP contribution in [0.2, 0.25) is 38.3 Å². The number of piperazine rings is 2. The van der Waals surface area contributed by atoms with Crippen LogP contribution in [-0.2, 0) is 4.12 Å². The third kappa shape index (κ3) is 9.12. The number of hydrogen-bond donors (Lipinski definition) is 2. The second kappa shape index (κ2) is 10.5. The first-order valence-corrected chi connectivity index (χ1v) is 16.7. The van der Waals surface area contributed by atoms with Gasteiger partial charge in [-0.3, -0.25) is 0 Å².